The first kappa shape index (κ1) is 14.3. The highest BCUT2D eigenvalue weighted by Gasteiger charge is 2.08. The summed E-state index contributed by atoms with van der Waals surface area (Å²) in [5.41, 5.74) is 2.12. The molecular formula is C10H23N3O2. The number of hydrogen-bond donors (Lipinski definition) is 2. The van der Waals surface area contributed by atoms with Crippen LogP contribution in [0.4, 0.5) is 0 Å². The Kier molecular flexibility index (Phi) is 8.27. The summed E-state index contributed by atoms with van der Waals surface area (Å²) >= 11 is 0. The second kappa shape index (κ2) is 8.64. The van der Waals surface area contributed by atoms with Gasteiger partial charge in [-0.1, -0.05) is 0 Å². The molecule has 0 saturated carbocycles. The number of carbonyl (C=O) groups is 1. The minimum atomic E-state index is -0.0948. The minimum Gasteiger partial charge on any atom is -0.383 e. The van der Waals surface area contributed by atoms with Crippen molar-refractivity contribution >= 4 is 5.91 Å². The average Bonchev–Trinajstić information content (AvgIpc) is 2.23. The molecule has 1 unspecified atom stereocenters. The monoisotopic (exact) mass is 217 g/mol. The zero-order chi connectivity index (χ0) is 11.7. The van der Waals surface area contributed by atoms with E-state index in [0.29, 0.717) is 12.5 Å². The molecule has 1 atom stereocenters. The maximum atomic E-state index is 10.8. The number of rotatable bonds is 8. The number of methoxy groups -OCH3 is 1. The first-order chi connectivity index (χ1) is 7.11. The van der Waals surface area contributed by atoms with E-state index in [4.69, 9.17) is 10.6 Å². The van der Waals surface area contributed by atoms with Crippen LogP contribution in [0.3, 0.4) is 0 Å². The molecule has 0 heterocycles. The highest BCUT2D eigenvalue weighted by atomic mass is 16.5. The van der Waals surface area contributed by atoms with Crippen LogP contribution >= 0.6 is 0 Å². The van der Waals surface area contributed by atoms with E-state index in [1.165, 1.54) is 0 Å². The topological polar surface area (TPSA) is 67.6 Å². The van der Waals surface area contributed by atoms with Gasteiger partial charge in [-0.3, -0.25) is 10.2 Å². The van der Waals surface area contributed by atoms with Crippen molar-refractivity contribution < 1.29 is 9.53 Å². The van der Waals surface area contributed by atoms with Crippen LogP contribution in [0.15, 0.2) is 0 Å². The van der Waals surface area contributed by atoms with Crippen molar-refractivity contribution in [3.8, 4) is 0 Å². The third-order valence-corrected chi connectivity index (χ3v) is 2.49. The lowest BCUT2D eigenvalue weighted by molar-refractivity contribution is -0.121. The van der Waals surface area contributed by atoms with Gasteiger partial charge >= 0.3 is 0 Å². The Morgan fingerprint density at radius 3 is 2.73 bits per heavy atom. The molecule has 0 aliphatic carbocycles. The summed E-state index contributed by atoms with van der Waals surface area (Å²) < 4.78 is 5.06. The van der Waals surface area contributed by atoms with Gasteiger partial charge in [0, 0.05) is 19.6 Å². The lowest BCUT2D eigenvalue weighted by Crippen LogP contribution is -2.33. The molecule has 0 rings (SSSR count). The molecule has 0 aliphatic heterocycles. The number of nitrogens with two attached hydrogens (primary N) is 1. The fourth-order valence-electron chi connectivity index (χ4n) is 1.31. The highest BCUT2D eigenvalue weighted by molar-refractivity contribution is 5.74. The zero-order valence-corrected chi connectivity index (χ0v) is 9.95. The van der Waals surface area contributed by atoms with E-state index in [1.807, 2.05) is 0 Å². The van der Waals surface area contributed by atoms with E-state index in [-0.39, 0.29) is 5.91 Å². The summed E-state index contributed by atoms with van der Waals surface area (Å²) in [5.74, 6) is 4.88. The Balaban J connectivity index is 3.45. The maximum absolute atomic E-state index is 10.8. The average molecular weight is 217 g/mol. The van der Waals surface area contributed by atoms with Crippen molar-refractivity contribution in [2.75, 3.05) is 27.3 Å². The SMILES string of the molecule is COCC(C)N(C)CCCCC(=O)NN. The largest absolute Gasteiger partial charge is 0.383 e. The predicted octanol–water partition coefficient (Wildman–Crippen LogP) is 0.113. The first-order valence-corrected chi connectivity index (χ1v) is 5.30. The molecule has 0 aliphatic rings. The van der Waals surface area contributed by atoms with Gasteiger partial charge in [0.05, 0.1) is 6.61 Å². The second-order valence-corrected chi connectivity index (χ2v) is 3.81. The predicted molar refractivity (Wildman–Crippen MR) is 60.1 cm³/mol. The fraction of sp³-hybridized carbons (Fsp3) is 0.900. The van der Waals surface area contributed by atoms with Gasteiger partial charge in [-0.25, -0.2) is 5.84 Å². The Labute approximate surface area is 91.9 Å². The summed E-state index contributed by atoms with van der Waals surface area (Å²) in [4.78, 5) is 13.0. The van der Waals surface area contributed by atoms with E-state index in [9.17, 15) is 4.79 Å². The number of carbonyl (C=O) groups excluding carboxylic acids is 1. The summed E-state index contributed by atoms with van der Waals surface area (Å²) in [5, 5.41) is 0. The highest BCUT2D eigenvalue weighted by Crippen LogP contribution is 2.01. The van der Waals surface area contributed by atoms with E-state index in [2.05, 4.69) is 24.3 Å². The molecular weight excluding hydrogens is 194 g/mol. The van der Waals surface area contributed by atoms with Crippen molar-refractivity contribution in [3.05, 3.63) is 0 Å². The quantitative estimate of drug-likeness (QED) is 0.262. The summed E-state index contributed by atoms with van der Waals surface area (Å²) in [6.07, 6.45) is 2.37. The third kappa shape index (κ3) is 7.30. The second-order valence-electron chi connectivity index (χ2n) is 3.81. The number of amides is 1. The Bertz CT molecular complexity index is 176. The number of nitrogens with one attached hydrogen (secondary N) is 1. The lowest BCUT2D eigenvalue weighted by Gasteiger charge is -2.23. The van der Waals surface area contributed by atoms with Gasteiger partial charge in [0.15, 0.2) is 0 Å². The van der Waals surface area contributed by atoms with Crippen molar-refractivity contribution in [2.45, 2.75) is 32.2 Å². The van der Waals surface area contributed by atoms with Gasteiger partial charge in [-0.2, -0.15) is 0 Å². The number of hydrogen-bond acceptors (Lipinski definition) is 4. The summed E-state index contributed by atoms with van der Waals surface area (Å²) in [6.45, 7) is 3.83. The van der Waals surface area contributed by atoms with E-state index >= 15 is 0 Å². The molecule has 0 spiro atoms. The van der Waals surface area contributed by atoms with Crippen LogP contribution in [0.1, 0.15) is 26.2 Å². The molecule has 90 valence electrons. The zero-order valence-electron chi connectivity index (χ0n) is 9.95. The van der Waals surface area contributed by atoms with Crippen molar-refractivity contribution in [1.29, 1.82) is 0 Å². The van der Waals surface area contributed by atoms with Gasteiger partial charge in [0.25, 0.3) is 0 Å². The van der Waals surface area contributed by atoms with Crippen molar-refractivity contribution in [3.63, 3.8) is 0 Å². The van der Waals surface area contributed by atoms with Gasteiger partial charge in [-0.05, 0) is 33.4 Å². The molecule has 0 aromatic heterocycles. The molecule has 0 fully saturated rings. The van der Waals surface area contributed by atoms with E-state index in [1.54, 1.807) is 7.11 Å². The molecule has 0 saturated heterocycles. The maximum Gasteiger partial charge on any atom is 0.233 e. The number of unbranched alkanes of at least 4 members (excludes halogenated alkanes) is 1. The molecule has 5 heteroatoms. The molecule has 5 nitrogen and oxygen atoms in total. The Hall–Kier alpha value is -0.650. The van der Waals surface area contributed by atoms with Gasteiger partial charge in [0.2, 0.25) is 5.91 Å². The van der Waals surface area contributed by atoms with Crippen molar-refractivity contribution in [2.24, 2.45) is 5.84 Å². The molecule has 1 amide bonds. The molecule has 3 N–H and O–H groups in total. The van der Waals surface area contributed by atoms with Gasteiger partial charge in [-0.15, -0.1) is 0 Å². The standard InChI is InChI=1S/C10H23N3O2/c1-9(8-15-3)13(2)7-5-4-6-10(14)12-11/h9H,4-8,11H2,1-3H3,(H,12,14). The van der Waals surface area contributed by atoms with Gasteiger partial charge < -0.3 is 9.64 Å². The molecule has 15 heavy (non-hydrogen) atoms. The fourth-order valence-corrected chi connectivity index (χ4v) is 1.31. The van der Waals surface area contributed by atoms with Crippen LogP contribution in [0.2, 0.25) is 0 Å². The van der Waals surface area contributed by atoms with Crippen LogP contribution in [-0.2, 0) is 9.53 Å². The van der Waals surface area contributed by atoms with Crippen LogP contribution in [0.25, 0.3) is 0 Å². The molecule has 0 radical (unpaired) electrons. The normalized spacial score (nSPS) is 12.9. The number of hydrazine groups is 1. The molecule has 0 aromatic carbocycles. The van der Waals surface area contributed by atoms with Crippen LogP contribution in [0, 0.1) is 0 Å². The van der Waals surface area contributed by atoms with Crippen LogP contribution in [0.5, 0.6) is 0 Å². The summed E-state index contributed by atoms with van der Waals surface area (Å²) in [7, 11) is 3.77. The van der Waals surface area contributed by atoms with E-state index < -0.39 is 0 Å². The third-order valence-electron chi connectivity index (χ3n) is 2.49. The Morgan fingerprint density at radius 1 is 1.53 bits per heavy atom. The van der Waals surface area contributed by atoms with Crippen molar-refractivity contribution in [1.82, 2.24) is 10.3 Å². The van der Waals surface area contributed by atoms with E-state index in [0.717, 1.165) is 26.0 Å². The number of likely N-dealkylation sites (N-methyl/N-ethyl adjacent to an activating group) is 1. The molecule has 0 bridgehead atoms. The Morgan fingerprint density at radius 2 is 2.20 bits per heavy atom. The van der Waals surface area contributed by atoms with Crippen LogP contribution in [-0.4, -0.2) is 44.2 Å². The van der Waals surface area contributed by atoms with Gasteiger partial charge in [0.1, 0.15) is 0 Å². The number of nitrogens with zero attached hydrogens (tertiary/aromatic N) is 1. The minimum absolute atomic E-state index is 0.0948. The van der Waals surface area contributed by atoms with Crippen LogP contribution < -0.4 is 11.3 Å². The number of ether oxygens (including phenoxy) is 1. The lowest BCUT2D eigenvalue weighted by atomic mass is 10.2. The summed E-state index contributed by atoms with van der Waals surface area (Å²) in [6, 6.07) is 0.415. The molecule has 0 aromatic rings. The smallest absolute Gasteiger partial charge is 0.233 e. The first-order valence-electron chi connectivity index (χ1n) is 5.30.